The Balaban J connectivity index is 3.22. The number of aromatic nitrogens is 1. The van der Waals surface area contributed by atoms with E-state index in [4.69, 9.17) is 10.5 Å². The van der Waals surface area contributed by atoms with Gasteiger partial charge in [0.05, 0.1) is 12.5 Å². The van der Waals surface area contributed by atoms with Crippen LogP contribution in [0, 0.1) is 22.7 Å². The molecule has 0 N–H and O–H groups in total. The van der Waals surface area contributed by atoms with Gasteiger partial charge in [0, 0.05) is 12.5 Å². The molecule has 1 aromatic rings. The maximum Gasteiger partial charge on any atom is 0.287 e. The molecule has 76 valence electrons. The van der Waals surface area contributed by atoms with Crippen LogP contribution in [-0.4, -0.2) is 4.98 Å². The van der Waals surface area contributed by atoms with Crippen LogP contribution in [0.2, 0.25) is 0 Å². The summed E-state index contributed by atoms with van der Waals surface area (Å²) in [6.07, 6.45) is -0.00847. The van der Waals surface area contributed by atoms with Crippen LogP contribution in [0.1, 0.15) is 23.9 Å². The van der Waals surface area contributed by atoms with Crippen LogP contribution in [0.25, 0.3) is 0 Å². The number of nitrogens with zero attached hydrogens (tertiary/aromatic N) is 3. The SMILES string of the molecule is CC(F)(F)c1ccc(CC#N)c(C#N)n1. The van der Waals surface area contributed by atoms with Gasteiger partial charge in [-0.3, -0.25) is 0 Å². The van der Waals surface area contributed by atoms with E-state index in [1.54, 1.807) is 6.07 Å². The molecule has 0 bridgehead atoms. The quantitative estimate of drug-likeness (QED) is 0.746. The lowest BCUT2D eigenvalue weighted by atomic mass is 10.1. The summed E-state index contributed by atoms with van der Waals surface area (Å²) in [5, 5.41) is 17.1. The fourth-order valence-corrected chi connectivity index (χ4v) is 1.06. The van der Waals surface area contributed by atoms with Gasteiger partial charge in [0.25, 0.3) is 5.92 Å². The van der Waals surface area contributed by atoms with Gasteiger partial charge < -0.3 is 0 Å². The normalized spacial score (nSPS) is 10.5. The minimum atomic E-state index is -3.07. The molecule has 1 heterocycles. The van der Waals surface area contributed by atoms with Crippen LogP contribution in [0.5, 0.6) is 0 Å². The van der Waals surface area contributed by atoms with Gasteiger partial charge in [0.2, 0.25) is 0 Å². The van der Waals surface area contributed by atoms with Gasteiger partial charge in [0.15, 0.2) is 0 Å². The summed E-state index contributed by atoms with van der Waals surface area (Å²) in [5.41, 5.74) is -0.204. The highest BCUT2D eigenvalue weighted by Crippen LogP contribution is 2.25. The van der Waals surface area contributed by atoms with Gasteiger partial charge in [-0.1, -0.05) is 6.07 Å². The maximum absolute atomic E-state index is 12.9. The highest BCUT2D eigenvalue weighted by molar-refractivity contribution is 5.35. The first-order valence-corrected chi connectivity index (χ1v) is 4.14. The number of hydrogen-bond acceptors (Lipinski definition) is 3. The van der Waals surface area contributed by atoms with Crippen molar-refractivity contribution in [3.63, 3.8) is 0 Å². The minimum Gasteiger partial charge on any atom is -0.235 e. The average molecular weight is 207 g/mol. The summed E-state index contributed by atoms with van der Waals surface area (Å²) in [6, 6.07) is 6.00. The predicted molar refractivity (Wildman–Crippen MR) is 47.8 cm³/mol. The molecular formula is C10H7F2N3. The zero-order valence-corrected chi connectivity index (χ0v) is 7.96. The summed E-state index contributed by atoms with van der Waals surface area (Å²) >= 11 is 0. The number of pyridine rings is 1. The van der Waals surface area contributed by atoms with Crippen molar-refractivity contribution < 1.29 is 8.78 Å². The van der Waals surface area contributed by atoms with Crippen molar-refractivity contribution in [2.24, 2.45) is 0 Å². The Morgan fingerprint density at radius 2 is 2.07 bits per heavy atom. The lowest BCUT2D eigenvalue weighted by Crippen LogP contribution is -2.11. The molecule has 0 unspecified atom stereocenters. The molecular weight excluding hydrogens is 200 g/mol. The summed E-state index contributed by atoms with van der Waals surface area (Å²) in [7, 11) is 0. The topological polar surface area (TPSA) is 60.5 Å². The van der Waals surface area contributed by atoms with Crippen molar-refractivity contribution in [2.75, 3.05) is 0 Å². The molecule has 0 saturated carbocycles. The van der Waals surface area contributed by atoms with E-state index >= 15 is 0 Å². The molecule has 0 atom stereocenters. The molecule has 0 aliphatic heterocycles. The van der Waals surface area contributed by atoms with Gasteiger partial charge in [-0.15, -0.1) is 0 Å². The smallest absolute Gasteiger partial charge is 0.235 e. The molecule has 1 rings (SSSR count). The van der Waals surface area contributed by atoms with Crippen molar-refractivity contribution in [3.05, 3.63) is 29.1 Å². The van der Waals surface area contributed by atoms with E-state index in [9.17, 15) is 8.78 Å². The third-order valence-corrected chi connectivity index (χ3v) is 1.80. The first kappa shape index (κ1) is 11.1. The Morgan fingerprint density at radius 3 is 2.53 bits per heavy atom. The molecule has 3 nitrogen and oxygen atoms in total. The van der Waals surface area contributed by atoms with Crippen molar-refractivity contribution in [2.45, 2.75) is 19.3 Å². The molecule has 0 aromatic carbocycles. The van der Waals surface area contributed by atoms with Gasteiger partial charge in [-0.2, -0.15) is 19.3 Å². The van der Waals surface area contributed by atoms with E-state index in [-0.39, 0.29) is 12.1 Å². The highest BCUT2D eigenvalue weighted by Gasteiger charge is 2.26. The molecule has 0 aliphatic rings. The average Bonchev–Trinajstić information content (AvgIpc) is 2.17. The molecule has 1 aromatic heterocycles. The van der Waals surface area contributed by atoms with E-state index in [1.165, 1.54) is 6.07 Å². The van der Waals surface area contributed by atoms with Gasteiger partial charge >= 0.3 is 0 Å². The third-order valence-electron chi connectivity index (χ3n) is 1.80. The minimum absolute atomic E-state index is 0.00847. The van der Waals surface area contributed by atoms with E-state index in [0.29, 0.717) is 12.5 Å². The van der Waals surface area contributed by atoms with Crippen LogP contribution >= 0.6 is 0 Å². The standard InChI is InChI=1S/C10H7F2N3/c1-10(11,12)9-3-2-7(4-5-13)8(6-14)15-9/h2-3H,4H2,1H3. The first-order chi connectivity index (χ1) is 6.99. The summed E-state index contributed by atoms with van der Waals surface area (Å²) < 4.78 is 25.7. The second-order valence-electron chi connectivity index (χ2n) is 3.04. The van der Waals surface area contributed by atoms with Crippen LogP contribution in [0.3, 0.4) is 0 Å². The molecule has 0 spiro atoms. The molecule has 0 aliphatic carbocycles. The Kier molecular flexibility index (Phi) is 2.96. The fraction of sp³-hybridized carbons (Fsp3) is 0.300. The zero-order chi connectivity index (χ0) is 11.5. The van der Waals surface area contributed by atoms with Crippen molar-refractivity contribution in [1.29, 1.82) is 10.5 Å². The number of rotatable bonds is 2. The predicted octanol–water partition coefficient (Wildman–Crippen LogP) is 2.13. The Morgan fingerprint density at radius 1 is 1.40 bits per heavy atom. The lowest BCUT2D eigenvalue weighted by molar-refractivity contribution is 0.0127. The van der Waals surface area contributed by atoms with Crippen LogP contribution in [-0.2, 0) is 12.3 Å². The van der Waals surface area contributed by atoms with Crippen molar-refractivity contribution in [3.8, 4) is 12.1 Å². The molecule has 0 radical (unpaired) electrons. The second-order valence-corrected chi connectivity index (χ2v) is 3.04. The summed E-state index contributed by atoms with van der Waals surface area (Å²) in [4.78, 5) is 3.52. The Labute approximate surface area is 85.6 Å². The number of alkyl halides is 2. The third kappa shape index (κ3) is 2.47. The van der Waals surface area contributed by atoms with Gasteiger partial charge in [-0.25, -0.2) is 4.98 Å². The summed E-state index contributed by atoms with van der Waals surface area (Å²) in [6.45, 7) is 0.709. The molecule has 0 amide bonds. The van der Waals surface area contributed by atoms with Crippen molar-refractivity contribution in [1.82, 2.24) is 4.98 Å². The monoisotopic (exact) mass is 207 g/mol. The molecule has 0 fully saturated rings. The fourth-order valence-electron chi connectivity index (χ4n) is 1.06. The largest absolute Gasteiger partial charge is 0.287 e. The molecule has 5 heteroatoms. The second kappa shape index (κ2) is 4.02. The van der Waals surface area contributed by atoms with E-state index in [1.807, 2.05) is 6.07 Å². The van der Waals surface area contributed by atoms with Crippen LogP contribution < -0.4 is 0 Å². The van der Waals surface area contributed by atoms with Crippen molar-refractivity contribution >= 4 is 0 Å². The summed E-state index contributed by atoms with van der Waals surface area (Å²) in [5.74, 6) is -3.07. The zero-order valence-electron chi connectivity index (χ0n) is 7.96. The highest BCUT2D eigenvalue weighted by atomic mass is 19.3. The number of nitriles is 2. The molecule has 0 saturated heterocycles. The van der Waals surface area contributed by atoms with Crippen LogP contribution in [0.15, 0.2) is 12.1 Å². The molecule has 15 heavy (non-hydrogen) atoms. The Hall–Kier alpha value is -2.01. The van der Waals surface area contributed by atoms with E-state index < -0.39 is 11.6 Å². The van der Waals surface area contributed by atoms with E-state index in [2.05, 4.69) is 4.98 Å². The van der Waals surface area contributed by atoms with Gasteiger partial charge in [-0.05, 0) is 6.07 Å². The van der Waals surface area contributed by atoms with Crippen LogP contribution in [0.4, 0.5) is 8.78 Å². The number of halogens is 2. The van der Waals surface area contributed by atoms with Gasteiger partial charge in [0.1, 0.15) is 17.5 Å². The van der Waals surface area contributed by atoms with E-state index in [0.717, 1.165) is 6.07 Å². The first-order valence-electron chi connectivity index (χ1n) is 4.14. The Bertz CT molecular complexity index is 449. The lowest BCUT2D eigenvalue weighted by Gasteiger charge is -2.10. The maximum atomic E-state index is 12.9. The number of hydrogen-bond donors (Lipinski definition) is 0.